The highest BCUT2D eigenvalue weighted by molar-refractivity contribution is 7.90. The van der Waals surface area contributed by atoms with E-state index in [1.165, 1.54) is 6.07 Å². The van der Waals surface area contributed by atoms with E-state index in [0.717, 1.165) is 57.6 Å². The van der Waals surface area contributed by atoms with Crippen molar-refractivity contribution < 1.29 is 17.9 Å². The number of anilines is 2. The highest BCUT2D eigenvalue weighted by atomic mass is 32.2. The number of carbonyl (C=O) groups is 1. The zero-order valence-corrected chi connectivity index (χ0v) is 20.6. The molecule has 1 unspecified atom stereocenters. The van der Waals surface area contributed by atoms with Crippen molar-refractivity contribution in [2.24, 2.45) is 5.92 Å². The first-order chi connectivity index (χ1) is 16.2. The highest BCUT2D eigenvalue weighted by Gasteiger charge is 2.41. The third-order valence-electron chi connectivity index (χ3n) is 6.98. The monoisotopic (exact) mass is 488 g/mol. The largest absolute Gasteiger partial charge is 0.361 e. The van der Waals surface area contributed by atoms with Crippen molar-refractivity contribution in [3.05, 3.63) is 30.0 Å². The van der Waals surface area contributed by atoms with Gasteiger partial charge in [0.25, 0.3) is 15.9 Å². The minimum absolute atomic E-state index is 0.158. The molecule has 11 heteroatoms. The Morgan fingerprint density at radius 2 is 2.00 bits per heavy atom. The van der Waals surface area contributed by atoms with Crippen LogP contribution in [0.5, 0.6) is 0 Å². The number of hydrogen-bond acceptors (Lipinski definition) is 8. The Hall–Kier alpha value is -2.66. The standard InChI is InChI=1S/C23H32N6O4S/c1-23(2)14-17-6-5-11-28-12-9-20(25-28)34(31,32)26-22(30)18-7-8-19(24-21(18)29(23)15-17)27-10-3-4-13-33-16-27/h7-9,12,17H,3-6,10-11,13-16H2,1-2H3,(H,26,30). The Kier molecular flexibility index (Phi) is 6.01. The summed E-state index contributed by atoms with van der Waals surface area (Å²) in [5, 5.41) is 4.02. The van der Waals surface area contributed by atoms with Gasteiger partial charge in [0, 0.05) is 38.0 Å². The third-order valence-corrected chi connectivity index (χ3v) is 8.20. The van der Waals surface area contributed by atoms with Crippen LogP contribution in [-0.4, -0.2) is 61.1 Å². The summed E-state index contributed by atoms with van der Waals surface area (Å²) in [5.41, 5.74) is 0.0196. The molecule has 0 radical (unpaired) electrons. The van der Waals surface area contributed by atoms with E-state index in [9.17, 15) is 13.2 Å². The maximum absolute atomic E-state index is 13.3. The maximum Gasteiger partial charge on any atom is 0.283 e. The number of carbonyl (C=O) groups excluding carboxylic acids is 1. The molecule has 3 aliphatic rings. The predicted octanol–water partition coefficient (Wildman–Crippen LogP) is 2.37. The molecule has 5 heterocycles. The molecule has 0 aliphatic carbocycles. The summed E-state index contributed by atoms with van der Waals surface area (Å²) >= 11 is 0. The predicted molar refractivity (Wildman–Crippen MR) is 127 cm³/mol. The molecule has 184 valence electrons. The first-order valence-corrected chi connectivity index (χ1v) is 13.4. The van der Waals surface area contributed by atoms with E-state index < -0.39 is 15.9 Å². The first kappa shape index (κ1) is 23.1. The van der Waals surface area contributed by atoms with Crippen molar-refractivity contribution in [1.29, 1.82) is 0 Å². The summed E-state index contributed by atoms with van der Waals surface area (Å²) in [4.78, 5) is 22.5. The van der Waals surface area contributed by atoms with Gasteiger partial charge in [-0.25, -0.2) is 9.71 Å². The molecule has 0 saturated carbocycles. The Morgan fingerprint density at radius 3 is 2.85 bits per heavy atom. The Labute approximate surface area is 200 Å². The molecule has 34 heavy (non-hydrogen) atoms. The quantitative estimate of drug-likeness (QED) is 0.652. The molecule has 0 aromatic carbocycles. The third kappa shape index (κ3) is 4.50. The molecule has 2 aromatic heterocycles. The smallest absolute Gasteiger partial charge is 0.283 e. The van der Waals surface area contributed by atoms with Gasteiger partial charge in [-0.15, -0.1) is 0 Å². The first-order valence-electron chi connectivity index (χ1n) is 11.9. The molecule has 2 saturated heterocycles. The molecule has 1 amide bonds. The molecular weight excluding hydrogens is 456 g/mol. The van der Waals surface area contributed by atoms with Crippen LogP contribution in [-0.2, 0) is 21.3 Å². The van der Waals surface area contributed by atoms with Gasteiger partial charge in [-0.2, -0.15) is 13.5 Å². The van der Waals surface area contributed by atoms with Gasteiger partial charge in [-0.05, 0) is 70.1 Å². The van der Waals surface area contributed by atoms with Crippen molar-refractivity contribution in [3.63, 3.8) is 0 Å². The van der Waals surface area contributed by atoms with Crippen LogP contribution >= 0.6 is 0 Å². The molecule has 0 spiro atoms. The number of aryl methyl sites for hydroxylation is 1. The minimum Gasteiger partial charge on any atom is -0.361 e. The molecule has 1 atom stereocenters. The van der Waals surface area contributed by atoms with Crippen molar-refractivity contribution >= 4 is 27.6 Å². The zero-order valence-electron chi connectivity index (χ0n) is 19.7. The van der Waals surface area contributed by atoms with Crippen LogP contribution in [0.3, 0.4) is 0 Å². The van der Waals surface area contributed by atoms with E-state index in [2.05, 4.69) is 33.5 Å². The van der Waals surface area contributed by atoms with E-state index in [-0.39, 0.29) is 16.1 Å². The number of aromatic nitrogens is 3. The summed E-state index contributed by atoms with van der Waals surface area (Å²) < 4.78 is 35.3. The second kappa shape index (κ2) is 8.84. The van der Waals surface area contributed by atoms with Gasteiger partial charge in [0.05, 0.1) is 5.56 Å². The van der Waals surface area contributed by atoms with Gasteiger partial charge in [-0.1, -0.05) is 0 Å². The van der Waals surface area contributed by atoms with E-state index in [0.29, 0.717) is 25.0 Å². The number of nitrogens with one attached hydrogen (secondary N) is 1. The summed E-state index contributed by atoms with van der Waals surface area (Å²) in [5.74, 6) is 0.992. The lowest BCUT2D eigenvalue weighted by Gasteiger charge is -2.34. The van der Waals surface area contributed by atoms with Gasteiger partial charge in [-0.3, -0.25) is 9.48 Å². The number of sulfonamides is 1. The lowest BCUT2D eigenvalue weighted by Crippen LogP contribution is -2.41. The summed E-state index contributed by atoms with van der Waals surface area (Å²) in [6, 6.07) is 4.88. The van der Waals surface area contributed by atoms with Crippen LogP contribution in [0.1, 0.15) is 56.3 Å². The van der Waals surface area contributed by atoms with Crippen molar-refractivity contribution in [3.8, 4) is 0 Å². The highest BCUT2D eigenvalue weighted by Crippen LogP contribution is 2.40. The normalized spacial score (nSPS) is 24.6. The molecule has 1 N–H and O–H groups in total. The van der Waals surface area contributed by atoms with E-state index in [1.54, 1.807) is 23.0 Å². The number of hydrogen-bond donors (Lipinski definition) is 1. The SMILES string of the molecule is CC1(C)CC2CCCn3ccc(n3)S(=O)(=O)NC(=O)c3ccc(N4CCCCOC4)nc3N1C2. The van der Waals surface area contributed by atoms with Gasteiger partial charge in [0.15, 0.2) is 5.03 Å². The van der Waals surface area contributed by atoms with Crippen LogP contribution in [0.2, 0.25) is 0 Å². The minimum atomic E-state index is -4.10. The van der Waals surface area contributed by atoms with Crippen molar-refractivity contribution in [2.45, 2.75) is 63.1 Å². The molecule has 10 nitrogen and oxygen atoms in total. The number of ether oxygens (including phenoxy) is 1. The molecule has 4 bridgehead atoms. The van der Waals surface area contributed by atoms with Crippen LogP contribution < -0.4 is 14.5 Å². The molecule has 2 fully saturated rings. The topological polar surface area (TPSA) is 110 Å². The summed E-state index contributed by atoms with van der Waals surface area (Å²) in [7, 11) is -4.10. The molecule has 5 rings (SSSR count). The van der Waals surface area contributed by atoms with Gasteiger partial charge < -0.3 is 14.5 Å². The zero-order chi connectivity index (χ0) is 23.9. The lowest BCUT2D eigenvalue weighted by atomic mass is 9.93. The number of nitrogens with zero attached hydrogens (tertiary/aromatic N) is 5. The van der Waals surface area contributed by atoms with Crippen molar-refractivity contribution in [2.75, 3.05) is 36.2 Å². The number of pyridine rings is 1. The fraction of sp³-hybridized carbons (Fsp3) is 0.609. The molecule has 2 aromatic rings. The molecule has 3 aliphatic heterocycles. The fourth-order valence-corrected chi connectivity index (χ4v) is 6.17. The van der Waals surface area contributed by atoms with Crippen LogP contribution in [0.15, 0.2) is 29.4 Å². The lowest BCUT2D eigenvalue weighted by molar-refractivity contribution is 0.0981. The van der Waals surface area contributed by atoms with E-state index in [4.69, 9.17) is 9.72 Å². The van der Waals surface area contributed by atoms with Crippen molar-refractivity contribution in [1.82, 2.24) is 19.5 Å². The van der Waals surface area contributed by atoms with E-state index >= 15 is 0 Å². The number of amides is 1. The average Bonchev–Trinajstić information content (AvgIpc) is 3.26. The Bertz CT molecular complexity index is 1170. The Balaban J connectivity index is 1.58. The Morgan fingerprint density at radius 1 is 1.15 bits per heavy atom. The van der Waals surface area contributed by atoms with Crippen LogP contribution in [0.4, 0.5) is 11.6 Å². The van der Waals surface area contributed by atoms with Gasteiger partial charge in [0.2, 0.25) is 0 Å². The second-order valence-corrected chi connectivity index (χ2v) is 11.7. The van der Waals surface area contributed by atoms with Crippen LogP contribution in [0.25, 0.3) is 0 Å². The van der Waals surface area contributed by atoms with Gasteiger partial charge >= 0.3 is 0 Å². The summed E-state index contributed by atoms with van der Waals surface area (Å²) in [6.07, 6.45) is 6.50. The number of fused-ring (bicyclic) bond motifs is 6. The maximum atomic E-state index is 13.3. The number of rotatable bonds is 1. The van der Waals surface area contributed by atoms with Gasteiger partial charge in [0.1, 0.15) is 18.4 Å². The van der Waals surface area contributed by atoms with Crippen LogP contribution in [0, 0.1) is 5.92 Å². The van der Waals surface area contributed by atoms with E-state index in [1.807, 2.05) is 0 Å². The molecular formula is C23H32N6O4S. The summed E-state index contributed by atoms with van der Waals surface area (Å²) in [6.45, 7) is 7.70. The fourth-order valence-electron chi connectivity index (χ4n) is 5.26. The average molecular weight is 489 g/mol. The second-order valence-electron chi connectivity index (χ2n) is 10.0.